The van der Waals surface area contributed by atoms with Gasteiger partial charge in [-0.1, -0.05) is 30.3 Å². The Labute approximate surface area is 105 Å². The molecule has 3 heteroatoms. The van der Waals surface area contributed by atoms with Crippen LogP contribution in [0, 0.1) is 23.7 Å². The molecule has 2 bridgehead atoms. The van der Waals surface area contributed by atoms with Crippen molar-refractivity contribution < 1.29 is 14.3 Å². The van der Waals surface area contributed by atoms with Crippen LogP contribution in [0.15, 0.2) is 30.3 Å². The van der Waals surface area contributed by atoms with Crippen LogP contribution in [0.1, 0.15) is 24.3 Å². The van der Waals surface area contributed by atoms with Crippen molar-refractivity contribution in [1.82, 2.24) is 0 Å². The van der Waals surface area contributed by atoms with Crippen LogP contribution in [0.4, 0.5) is 0 Å². The summed E-state index contributed by atoms with van der Waals surface area (Å²) in [6, 6.07) is 10.3. The van der Waals surface area contributed by atoms with Crippen LogP contribution >= 0.6 is 0 Å². The SMILES string of the molecule is O=C1OC(=O)[C@H]2[C@H]3C[C@@H](C[C@@H]3c3ccccc3)[C@@H]12. The molecule has 3 aliphatic rings. The first-order chi connectivity index (χ1) is 8.75. The topological polar surface area (TPSA) is 43.4 Å². The number of benzene rings is 1. The Balaban J connectivity index is 1.70. The van der Waals surface area contributed by atoms with E-state index in [2.05, 4.69) is 12.1 Å². The number of hydrogen-bond donors (Lipinski definition) is 0. The fourth-order valence-electron chi connectivity index (χ4n) is 4.34. The second-order valence-electron chi connectivity index (χ2n) is 5.70. The summed E-state index contributed by atoms with van der Waals surface area (Å²) in [7, 11) is 0. The van der Waals surface area contributed by atoms with Gasteiger partial charge in [-0.15, -0.1) is 0 Å². The highest BCUT2D eigenvalue weighted by molar-refractivity contribution is 5.97. The minimum absolute atomic E-state index is 0.137. The van der Waals surface area contributed by atoms with E-state index >= 15 is 0 Å². The summed E-state index contributed by atoms with van der Waals surface area (Å²) in [5.74, 6) is 0.229. The van der Waals surface area contributed by atoms with Crippen molar-refractivity contribution in [3.05, 3.63) is 35.9 Å². The van der Waals surface area contributed by atoms with Crippen LogP contribution in [-0.4, -0.2) is 11.9 Å². The predicted octanol–water partition coefficient (Wildman–Crippen LogP) is 2.13. The van der Waals surface area contributed by atoms with E-state index in [1.807, 2.05) is 18.2 Å². The molecule has 5 atom stereocenters. The minimum Gasteiger partial charge on any atom is -0.393 e. The Morgan fingerprint density at radius 3 is 2.44 bits per heavy atom. The Hall–Kier alpha value is -1.64. The maximum atomic E-state index is 11.8. The average Bonchev–Trinajstić information content (AvgIpc) is 3.03. The summed E-state index contributed by atoms with van der Waals surface area (Å²) in [4.78, 5) is 23.4. The molecule has 0 unspecified atom stereocenters. The highest BCUT2D eigenvalue weighted by Crippen LogP contribution is 2.61. The highest BCUT2D eigenvalue weighted by Gasteiger charge is 2.62. The van der Waals surface area contributed by atoms with Crippen LogP contribution in [0.2, 0.25) is 0 Å². The van der Waals surface area contributed by atoms with Crippen LogP contribution in [0.25, 0.3) is 0 Å². The third-order valence-corrected chi connectivity index (χ3v) is 4.98. The van der Waals surface area contributed by atoms with Crippen molar-refractivity contribution in [3.63, 3.8) is 0 Å². The van der Waals surface area contributed by atoms with Crippen LogP contribution in [-0.2, 0) is 14.3 Å². The molecule has 0 N–H and O–H groups in total. The number of hydrogen-bond acceptors (Lipinski definition) is 3. The molecule has 1 aromatic carbocycles. The van der Waals surface area contributed by atoms with Gasteiger partial charge in [0, 0.05) is 0 Å². The third-order valence-electron chi connectivity index (χ3n) is 4.98. The van der Waals surface area contributed by atoms with Crippen molar-refractivity contribution in [2.24, 2.45) is 23.7 Å². The number of carbonyl (C=O) groups is 2. The zero-order valence-electron chi connectivity index (χ0n) is 9.91. The molecule has 1 aliphatic heterocycles. The molecule has 18 heavy (non-hydrogen) atoms. The molecule has 0 spiro atoms. The van der Waals surface area contributed by atoms with Gasteiger partial charge in [0.1, 0.15) is 0 Å². The molecule has 3 nitrogen and oxygen atoms in total. The Morgan fingerprint density at radius 1 is 0.944 bits per heavy atom. The number of cyclic esters (lactones) is 2. The minimum atomic E-state index is -0.280. The maximum absolute atomic E-state index is 11.8. The second kappa shape index (κ2) is 3.44. The lowest BCUT2D eigenvalue weighted by Crippen LogP contribution is -2.29. The maximum Gasteiger partial charge on any atom is 0.317 e. The highest BCUT2D eigenvalue weighted by atomic mass is 16.6. The monoisotopic (exact) mass is 242 g/mol. The van der Waals surface area contributed by atoms with Crippen molar-refractivity contribution in [2.75, 3.05) is 0 Å². The molecule has 4 rings (SSSR count). The summed E-state index contributed by atoms with van der Waals surface area (Å²) in [6.07, 6.45) is 2.04. The normalized spacial score (nSPS) is 41.0. The molecule has 1 heterocycles. The Kier molecular flexibility index (Phi) is 1.97. The van der Waals surface area contributed by atoms with E-state index in [1.54, 1.807) is 0 Å². The van der Waals surface area contributed by atoms with Gasteiger partial charge >= 0.3 is 11.9 Å². The Morgan fingerprint density at radius 2 is 1.67 bits per heavy atom. The van der Waals surface area contributed by atoms with E-state index in [1.165, 1.54) is 5.56 Å². The van der Waals surface area contributed by atoms with Gasteiger partial charge in [0.05, 0.1) is 11.8 Å². The third kappa shape index (κ3) is 1.19. The summed E-state index contributed by atoms with van der Waals surface area (Å²) < 4.78 is 4.82. The zero-order valence-corrected chi connectivity index (χ0v) is 9.91. The van der Waals surface area contributed by atoms with E-state index in [0.717, 1.165) is 12.8 Å². The quantitative estimate of drug-likeness (QED) is 0.559. The van der Waals surface area contributed by atoms with Crippen molar-refractivity contribution >= 4 is 11.9 Å². The number of fused-ring (bicyclic) bond motifs is 5. The molecule has 2 aliphatic carbocycles. The first-order valence-electron chi connectivity index (χ1n) is 6.56. The van der Waals surface area contributed by atoms with Crippen molar-refractivity contribution in [3.8, 4) is 0 Å². The molecule has 2 saturated carbocycles. The molecule has 92 valence electrons. The fourth-order valence-corrected chi connectivity index (χ4v) is 4.34. The second-order valence-corrected chi connectivity index (χ2v) is 5.70. The lowest BCUT2D eigenvalue weighted by Gasteiger charge is -2.27. The summed E-state index contributed by atoms with van der Waals surface area (Å²) >= 11 is 0. The van der Waals surface area contributed by atoms with E-state index in [9.17, 15) is 9.59 Å². The van der Waals surface area contributed by atoms with Crippen LogP contribution in [0.3, 0.4) is 0 Å². The summed E-state index contributed by atoms with van der Waals surface area (Å²) in [6.45, 7) is 0. The van der Waals surface area contributed by atoms with Crippen LogP contribution in [0.5, 0.6) is 0 Å². The van der Waals surface area contributed by atoms with E-state index in [4.69, 9.17) is 4.74 Å². The predicted molar refractivity (Wildman–Crippen MR) is 63.5 cm³/mol. The first-order valence-corrected chi connectivity index (χ1v) is 6.56. The Bertz CT molecular complexity index is 522. The van der Waals surface area contributed by atoms with Crippen molar-refractivity contribution in [1.29, 1.82) is 0 Å². The average molecular weight is 242 g/mol. The smallest absolute Gasteiger partial charge is 0.317 e. The number of esters is 2. The van der Waals surface area contributed by atoms with Gasteiger partial charge in [0.25, 0.3) is 0 Å². The van der Waals surface area contributed by atoms with Gasteiger partial charge in [-0.25, -0.2) is 0 Å². The molecule has 0 amide bonds. The van der Waals surface area contributed by atoms with Gasteiger partial charge in [-0.05, 0) is 36.2 Å². The molecule has 0 aromatic heterocycles. The number of rotatable bonds is 1. The number of carbonyl (C=O) groups excluding carboxylic acids is 2. The number of ether oxygens (including phenoxy) is 1. The zero-order chi connectivity index (χ0) is 12.3. The van der Waals surface area contributed by atoms with Gasteiger partial charge in [0.15, 0.2) is 0 Å². The lowest BCUT2D eigenvalue weighted by molar-refractivity contribution is -0.154. The molecular weight excluding hydrogens is 228 g/mol. The molecule has 1 saturated heterocycles. The largest absolute Gasteiger partial charge is 0.393 e. The fraction of sp³-hybridized carbons (Fsp3) is 0.467. The van der Waals surface area contributed by atoms with Gasteiger partial charge < -0.3 is 4.74 Å². The molecule has 0 radical (unpaired) electrons. The standard InChI is InChI=1S/C15H14O3/c16-14-12-9-6-10(8-4-2-1-3-5-8)11(7-9)13(12)15(17)18-14/h1-5,9-13H,6-7H2/t9-,10-,11+,12-,13+/m1/s1. The van der Waals surface area contributed by atoms with Gasteiger partial charge in [0.2, 0.25) is 0 Å². The van der Waals surface area contributed by atoms with Crippen molar-refractivity contribution in [2.45, 2.75) is 18.8 Å². The molecule has 3 fully saturated rings. The summed E-state index contributed by atoms with van der Waals surface area (Å²) in [5, 5.41) is 0. The van der Waals surface area contributed by atoms with E-state index < -0.39 is 0 Å². The van der Waals surface area contributed by atoms with E-state index in [0.29, 0.717) is 17.8 Å². The first kappa shape index (κ1) is 10.3. The van der Waals surface area contributed by atoms with E-state index in [-0.39, 0.29) is 23.8 Å². The lowest BCUT2D eigenvalue weighted by atomic mass is 9.73. The van der Waals surface area contributed by atoms with Crippen LogP contribution < -0.4 is 0 Å². The van der Waals surface area contributed by atoms with Gasteiger partial charge in [-0.3, -0.25) is 9.59 Å². The molecular formula is C15H14O3. The molecule has 1 aromatic rings. The summed E-state index contributed by atoms with van der Waals surface area (Å²) in [5.41, 5.74) is 1.30. The van der Waals surface area contributed by atoms with Gasteiger partial charge in [-0.2, -0.15) is 0 Å².